The number of hydrogen-bond donors (Lipinski definition) is 1. The summed E-state index contributed by atoms with van der Waals surface area (Å²) in [6.45, 7) is 3.58. The zero-order valence-electron chi connectivity index (χ0n) is 16.5. The largest absolute Gasteiger partial charge is 0.356 e. The summed E-state index contributed by atoms with van der Waals surface area (Å²) in [6.07, 6.45) is 7.54. The van der Waals surface area contributed by atoms with E-state index in [2.05, 4.69) is 27.8 Å². The van der Waals surface area contributed by atoms with Gasteiger partial charge in [0.2, 0.25) is 5.91 Å². The Morgan fingerprint density at radius 1 is 1.21 bits per heavy atom. The number of aryl methyl sites for hydroxylation is 2. The summed E-state index contributed by atoms with van der Waals surface area (Å²) in [5, 5.41) is 11.1. The monoisotopic (exact) mass is 383 g/mol. The summed E-state index contributed by atoms with van der Waals surface area (Å²) in [5.41, 5.74) is 1.71. The topological polar surface area (TPSA) is 80.1 Å². The number of rotatable bonds is 8. The average molecular weight is 383 g/mol. The Kier molecular flexibility index (Phi) is 7.17. The van der Waals surface area contributed by atoms with E-state index in [9.17, 15) is 9.59 Å². The number of nitrogens with one attached hydrogen (secondary N) is 1. The van der Waals surface area contributed by atoms with Crippen LogP contribution in [0, 0.1) is 0 Å². The zero-order chi connectivity index (χ0) is 19.8. The average Bonchev–Trinajstić information content (AvgIpc) is 3.17. The highest BCUT2D eigenvalue weighted by molar-refractivity contribution is 5.92. The molecule has 3 rings (SSSR count). The summed E-state index contributed by atoms with van der Waals surface area (Å²) >= 11 is 0. The number of nitrogens with zero attached hydrogens (tertiary/aromatic N) is 4. The smallest absolute Gasteiger partial charge is 0.276 e. The Labute approximate surface area is 166 Å². The number of likely N-dealkylation sites (tertiary alicyclic amines) is 1. The standard InChI is InChI=1S/C21H29N5O2/c1-17(27)22-13-12-19-11-5-6-15-26(19)21(28)20-16-25(24-23-20)14-7-10-18-8-3-2-4-9-18/h2-4,8-9,16,19H,5-7,10-15H2,1H3,(H,22,27). The summed E-state index contributed by atoms with van der Waals surface area (Å²) in [4.78, 5) is 25.9. The van der Waals surface area contributed by atoms with Crippen LogP contribution in [0.4, 0.5) is 0 Å². The van der Waals surface area contributed by atoms with E-state index in [0.717, 1.165) is 51.6 Å². The first kappa shape index (κ1) is 20.0. The Hall–Kier alpha value is -2.70. The number of carbonyl (C=O) groups excluding carboxylic acids is 2. The maximum Gasteiger partial charge on any atom is 0.276 e. The number of hydrogen-bond acceptors (Lipinski definition) is 4. The first-order chi connectivity index (χ1) is 13.6. The van der Waals surface area contributed by atoms with Crippen LogP contribution in [-0.2, 0) is 17.8 Å². The van der Waals surface area contributed by atoms with Crippen molar-refractivity contribution in [3.63, 3.8) is 0 Å². The number of amides is 2. The maximum absolute atomic E-state index is 12.9. The molecule has 0 radical (unpaired) electrons. The molecule has 2 heterocycles. The molecular weight excluding hydrogens is 354 g/mol. The highest BCUT2D eigenvalue weighted by atomic mass is 16.2. The fourth-order valence-corrected chi connectivity index (χ4v) is 3.73. The molecule has 1 N–H and O–H groups in total. The van der Waals surface area contributed by atoms with Gasteiger partial charge >= 0.3 is 0 Å². The molecule has 7 heteroatoms. The molecule has 1 saturated heterocycles. The quantitative estimate of drug-likeness (QED) is 0.759. The van der Waals surface area contributed by atoms with Gasteiger partial charge in [0, 0.05) is 32.6 Å². The van der Waals surface area contributed by atoms with E-state index in [-0.39, 0.29) is 17.9 Å². The van der Waals surface area contributed by atoms with Crippen LogP contribution in [0.5, 0.6) is 0 Å². The second kappa shape index (κ2) is 10.0. The number of benzene rings is 1. The van der Waals surface area contributed by atoms with Crippen molar-refractivity contribution in [2.75, 3.05) is 13.1 Å². The second-order valence-electron chi connectivity index (χ2n) is 7.38. The molecule has 1 aliphatic rings. The van der Waals surface area contributed by atoms with Gasteiger partial charge in [-0.2, -0.15) is 0 Å². The molecule has 28 heavy (non-hydrogen) atoms. The fraction of sp³-hybridized carbons (Fsp3) is 0.524. The van der Waals surface area contributed by atoms with Gasteiger partial charge in [0.05, 0.1) is 6.20 Å². The third-order valence-corrected chi connectivity index (χ3v) is 5.19. The van der Waals surface area contributed by atoms with Crippen LogP contribution in [0.25, 0.3) is 0 Å². The lowest BCUT2D eigenvalue weighted by Gasteiger charge is -2.35. The molecule has 1 aliphatic heterocycles. The molecule has 7 nitrogen and oxygen atoms in total. The molecule has 2 aromatic rings. The van der Waals surface area contributed by atoms with E-state index in [1.165, 1.54) is 12.5 Å². The van der Waals surface area contributed by atoms with Crippen LogP contribution < -0.4 is 5.32 Å². The molecule has 150 valence electrons. The first-order valence-corrected chi connectivity index (χ1v) is 10.1. The minimum absolute atomic E-state index is 0.0351. The molecule has 1 unspecified atom stereocenters. The van der Waals surface area contributed by atoms with Crippen LogP contribution in [-0.4, -0.2) is 50.8 Å². The van der Waals surface area contributed by atoms with Gasteiger partial charge in [0.15, 0.2) is 5.69 Å². The number of piperidine rings is 1. The molecule has 0 aliphatic carbocycles. The Morgan fingerprint density at radius 3 is 2.82 bits per heavy atom. The van der Waals surface area contributed by atoms with Crippen molar-refractivity contribution in [2.24, 2.45) is 0 Å². The Bertz CT molecular complexity index is 774. The molecule has 0 bridgehead atoms. The van der Waals surface area contributed by atoms with Crippen LogP contribution in [0.2, 0.25) is 0 Å². The number of carbonyl (C=O) groups is 2. The van der Waals surface area contributed by atoms with Gasteiger partial charge in [0.25, 0.3) is 5.91 Å². The minimum Gasteiger partial charge on any atom is -0.356 e. The van der Waals surface area contributed by atoms with Gasteiger partial charge in [-0.3, -0.25) is 14.3 Å². The lowest BCUT2D eigenvalue weighted by atomic mass is 9.99. The minimum atomic E-state index is -0.0539. The van der Waals surface area contributed by atoms with Crippen molar-refractivity contribution in [1.82, 2.24) is 25.2 Å². The first-order valence-electron chi connectivity index (χ1n) is 10.1. The zero-order valence-corrected chi connectivity index (χ0v) is 16.5. The van der Waals surface area contributed by atoms with E-state index in [1.807, 2.05) is 23.1 Å². The van der Waals surface area contributed by atoms with Crippen LogP contribution >= 0.6 is 0 Å². The van der Waals surface area contributed by atoms with Gasteiger partial charge in [-0.25, -0.2) is 0 Å². The Morgan fingerprint density at radius 2 is 2.04 bits per heavy atom. The molecular formula is C21H29N5O2. The lowest BCUT2D eigenvalue weighted by Crippen LogP contribution is -2.45. The Balaban J connectivity index is 1.53. The molecule has 1 aromatic heterocycles. The van der Waals surface area contributed by atoms with Gasteiger partial charge in [-0.05, 0) is 44.1 Å². The summed E-state index contributed by atoms with van der Waals surface area (Å²) in [5.74, 6) is -0.0889. The second-order valence-corrected chi connectivity index (χ2v) is 7.38. The van der Waals surface area contributed by atoms with Gasteiger partial charge in [-0.1, -0.05) is 35.5 Å². The van der Waals surface area contributed by atoms with Crippen molar-refractivity contribution in [1.29, 1.82) is 0 Å². The van der Waals surface area contributed by atoms with Crippen LogP contribution in [0.15, 0.2) is 36.5 Å². The summed E-state index contributed by atoms with van der Waals surface area (Å²) < 4.78 is 1.76. The van der Waals surface area contributed by atoms with Crippen molar-refractivity contribution in [3.8, 4) is 0 Å². The van der Waals surface area contributed by atoms with Crippen molar-refractivity contribution >= 4 is 11.8 Å². The number of aromatic nitrogens is 3. The van der Waals surface area contributed by atoms with Gasteiger partial charge in [0.1, 0.15) is 0 Å². The van der Waals surface area contributed by atoms with E-state index >= 15 is 0 Å². The third-order valence-electron chi connectivity index (χ3n) is 5.19. The van der Waals surface area contributed by atoms with E-state index in [1.54, 1.807) is 10.9 Å². The predicted molar refractivity (Wildman–Crippen MR) is 107 cm³/mol. The maximum atomic E-state index is 12.9. The van der Waals surface area contributed by atoms with Gasteiger partial charge in [-0.15, -0.1) is 5.10 Å². The van der Waals surface area contributed by atoms with Gasteiger partial charge < -0.3 is 10.2 Å². The predicted octanol–water partition coefficient (Wildman–Crippen LogP) is 2.43. The molecule has 0 saturated carbocycles. The van der Waals surface area contributed by atoms with E-state index < -0.39 is 0 Å². The molecule has 1 fully saturated rings. The molecule has 1 atom stereocenters. The van der Waals surface area contributed by atoms with Crippen molar-refractivity contribution in [2.45, 2.75) is 58.0 Å². The fourth-order valence-electron chi connectivity index (χ4n) is 3.73. The molecule has 0 spiro atoms. The summed E-state index contributed by atoms with van der Waals surface area (Å²) in [7, 11) is 0. The van der Waals surface area contributed by atoms with Crippen molar-refractivity contribution in [3.05, 3.63) is 47.8 Å². The lowest BCUT2D eigenvalue weighted by molar-refractivity contribution is -0.119. The SMILES string of the molecule is CC(=O)NCCC1CCCCN1C(=O)c1cn(CCCc2ccccc2)nn1. The van der Waals surface area contributed by atoms with Crippen LogP contribution in [0.3, 0.4) is 0 Å². The summed E-state index contributed by atoms with van der Waals surface area (Å²) in [6, 6.07) is 10.5. The highest BCUT2D eigenvalue weighted by Crippen LogP contribution is 2.21. The van der Waals surface area contributed by atoms with E-state index in [4.69, 9.17) is 0 Å². The normalized spacial score (nSPS) is 16.8. The molecule has 2 amide bonds. The van der Waals surface area contributed by atoms with Crippen LogP contribution in [0.1, 0.15) is 55.1 Å². The third kappa shape index (κ3) is 5.65. The molecule has 1 aromatic carbocycles. The highest BCUT2D eigenvalue weighted by Gasteiger charge is 2.28. The van der Waals surface area contributed by atoms with Crippen molar-refractivity contribution < 1.29 is 9.59 Å². The van der Waals surface area contributed by atoms with E-state index in [0.29, 0.717) is 12.2 Å².